The number of hydrogen-bond acceptors (Lipinski definition) is 7. The lowest BCUT2D eigenvalue weighted by atomic mass is 9.98. The van der Waals surface area contributed by atoms with E-state index in [0.717, 1.165) is 74.1 Å². The zero-order valence-electron chi connectivity index (χ0n) is 19.7. The summed E-state index contributed by atoms with van der Waals surface area (Å²) in [4.78, 5) is 22.1. The molecule has 3 aromatic rings. The Hall–Kier alpha value is -2.91. The van der Waals surface area contributed by atoms with E-state index in [2.05, 4.69) is 15.0 Å². The van der Waals surface area contributed by atoms with Crippen LogP contribution in [0, 0.1) is 0 Å². The van der Waals surface area contributed by atoms with Crippen LogP contribution < -0.4 is 9.47 Å². The average molecular weight is 482 g/mol. The highest BCUT2D eigenvalue weighted by atomic mass is 32.1. The van der Waals surface area contributed by atoms with Gasteiger partial charge in [-0.2, -0.15) is 5.10 Å². The minimum Gasteiger partial charge on any atom is -0.497 e. The van der Waals surface area contributed by atoms with Gasteiger partial charge in [-0.25, -0.2) is 4.98 Å². The first-order valence-corrected chi connectivity index (χ1v) is 12.8. The van der Waals surface area contributed by atoms with E-state index in [1.165, 1.54) is 0 Å². The van der Waals surface area contributed by atoms with Gasteiger partial charge >= 0.3 is 0 Å². The van der Waals surface area contributed by atoms with Crippen molar-refractivity contribution in [2.24, 2.45) is 7.05 Å². The molecule has 2 aliphatic rings. The van der Waals surface area contributed by atoms with Crippen molar-refractivity contribution in [3.63, 3.8) is 0 Å². The smallest absolute Gasteiger partial charge is 0.273 e. The van der Waals surface area contributed by atoms with Crippen molar-refractivity contribution in [2.45, 2.75) is 37.8 Å². The third kappa shape index (κ3) is 4.95. The largest absolute Gasteiger partial charge is 0.497 e. The van der Waals surface area contributed by atoms with E-state index in [0.29, 0.717) is 11.7 Å². The first-order valence-electron chi connectivity index (χ1n) is 11.9. The van der Waals surface area contributed by atoms with E-state index >= 15 is 0 Å². The van der Waals surface area contributed by atoms with Crippen LogP contribution in [0.2, 0.25) is 0 Å². The van der Waals surface area contributed by atoms with Gasteiger partial charge in [-0.05, 0) is 43.9 Å². The van der Waals surface area contributed by atoms with Crippen molar-refractivity contribution < 1.29 is 14.3 Å². The number of amides is 1. The fourth-order valence-electron chi connectivity index (χ4n) is 4.96. The molecule has 9 heteroatoms. The summed E-state index contributed by atoms with van der Waals surface area (Å²) in [6.07, 6.45) is 6.11. The number of benzene rings is 1. The molecule has 0 unspecified atom stereocenters. The van der Waals surface area contributed by atoms with Gasteiger partial charge in [0.1, 0.15) is 17.5 Å². The lowest BCUT2D eigenvalue weighted by Gasteiger charge is -2.41. The van der Waals surface area contributed by atoms with Gasteiger partial charge < -0.3 is 14.4 Å². The molecule has 2 fully saturated rings. The number of ether oxygens (including phenoxy) is 2. The summed E-state index contributed by atoms with van der Waals surface area (Å²) in [7, 11) is 3.48. The first-order chi connectivity index (χ1) is 16.6. The Morgan fingerprint density at radius 2 is 1.88 bits per heavy atom. The molecule has 8 nitrogen and oxygen atoms in total. The highest BCUT2D eigenvalue weighted by Gasteiger charge is 2.31. The molecule has 1 aromatic carbocycles. The molecule has 0 spiro atoms. The van der Waals surface area contributed by atoms with E-state index in [1.54, 1.807) is 29.3 Å². The Labute approximate surface area is 204 Å². The van der Waals surface area contributed by atoms with E-state index in [-0.39, 0.29) is 12.0 Å². The van der Waals surface area contributed by atoms with Crippen molar-refractivity contribution in [2.75, 3.05) is 33.3 Å². The number of methoxy groups -OCH3 is 1. The zero-order valence-corrected chi connectivity index (χ0v) is 20.5. The Morgan fingerprint density at radius 1 is 1.09 bits per heavy atom. The highest BCUT2D eigenvalue weighted by Crippen LogP contribution is 2.27. The molecule has 0 aliphatic carbocycles. The van der Waals surface area contributed by atoms with Crippen molar-refractivity contribution in [1.29, 1.82) is 0 Å². The first kappa shape index (κ1) is 22.9. The summed E-state index contributed by atoms with van der Waals surface area (Å²) >= 11 is 1.55. The topological polar surface area (TPSA) is 72.7 Å². The predicted octanol–water partition coefficient (Wildman–Crippen LogP) is 3.70. The lowest BCUT2D eigenvalue weighted by Crippen LogP contribution is -2.50. The monoisotopic (exact) mass is 481 g/mol. The molecule has 2 aliphatic heterocycles. The van der Waals surface area contributed by atoms with Gasteiger partial charge in [-0.1, -0.05) is 23.5 Å². The number of aryl methyl sites for hydroxylation is 1. The Morgan fingerprint density at radius 3 is 2.59 bits per heavy atom. The summed E-state index contributed by atoms with van der Waals surface area (Å²) < 4.78 is 13.0. The van der Waals surface area contributed by atoms with E-state index in [4.69, 9.17) is 9.47 Å². The van der Waals surface area contributed by atoms with E-state index < -0.39 is 0 Å². The maximum atomic E-state index is 13.3. The van der Waals surface area contributed by atoms with Crippen LogP contribution in [0.1, 0.15) is 36.2 Å². The number of likely N-dealkylation sites (tertiary alicyclic amines) is 2. The molecule has 2 saturated heterocycles. The number of carbonyl (C=O) groups excluding carboxylic acids is 1. The quantitative estimate of drug-likeness (QED) is 0.535. The number of piperidine rings is 2. The number of hydrogen-bond donors (Lipinski definition) is 0. The van der Waals surface area contributed by atoms with Gasteiger partial charge in [0, 0.05) is 56.4 Å². The summed E-state index contributed by atoms with van der Waals surface area (Å²) in [6.45, 7) is 3.64. The van der Waals surface area contributed by atoms with Crippen LogP contribution in [0.4, 0.5) is 0 Å². The Kier molecular flexibility index (Phi) is 6.82. The molecule has 1 amide bonds. The molecule has 0 saturated carbocycles. The molecule has 0 atom stereocenters. The number of thiazole rings is 1. The Balaban J connectivity index is 1.15. The molecular formula is C25H31N5O3S. The number of nitrogens with zero attached hydrogens (tertiary/aromatic N) is 5. The van der Waals surface area contributed by atoms with Crippen molar-refractivity contribution >= 4 is 17.2 Å². The lowest BCUT2D eigenvalue weighted by molar-refractivity contribution is 0.0420. The summed E-state index contributed by atoms with van der Waals surface area (Å²) in [5.41, 5.74) is 2.34. The summed E-state index contributed by atoms with van der Waals surface area (Å²) in [6, 6.07) is 10.2. The summed E-state index contributed by atoms with van der Waals surface area (Å²) in [5, 5.41) is 7.31. The Bertz CT molecular complexity index is 1100. The zero-order chi connectivity index (χ0) is 23.5. The van der Waals surface area contributed by atoms with Gasteiger partial charge in [0.2, 0.25) is 0 Å². The predicted molar refractivity (Wildman–Crippen MR) is 131 cm³/mol. The molecule has 2 aromatic heterocycles. The van der Waals surface area contributed by atoms with Crippen molar-refractivity contribution in [3.05, 3.63) is 47.6 Å². The minimum absolute atomic E-state index is 0.0538. The van der Waals surface area contributed by atoms with Crippen LogP contribution in [0.5, 0.6) is 10.9 Å². The number of aromatic nitrogens is 3. The van der Waals surface area contributed by atoms with Crippen LogP contribution in [-0.2, 0) is 7.05 Å². The van der Waals surface area contributed by atoms with Crippen LogP contribution in [-0.4, -0.2) is 75.9 Å². The maximum absolute atomic E-state index is 13.3. The van der Waals surface area contributed by atoms with Crippen LogP contribution in [0.15, 0.2) is 41.9 Å². The maximum Gasteiger partial charge on any atom is 0.273 e. The molecular weight excluding hydrogens is 450 g/mol. The second kappa shape index (κ2) is 10.1. The van der Waals surface area contributed by atoms with Crippen LogP contribution >= 0.6 is 11.3 Å². The normalized spacial score (nSPS) is 18.2. The second-order valence-electron chi connectivity index (χ2n) is 8.94. The number of carbonyl (C=O) groups is 1. The molecule has 180 valence electrons. The SMILES string of the molecule is COc1cccc(-c2cc(C(=O)N3CCC(N4CCC(Oc5nccs5)CC4)CC3)n(C)n2)c1. The average Bonchev–Trinajstić information content (AvgIpc) is 3.54. The number of rotatable bonds is 6. The van der Waals surface area contributed by atoms with Gasteiger partial charge in [0.25, 0.3) is 11.1 Å². The van der Waals surface area contributed by atoms with E-state index in [9.17, 15) is 4.79 Å². The summed E-state index contributed by atoms with van der Waals surface area (Å²) in [5.74, 6) is 0.829. The fourth-order valence-corrected chi connectivity index (χ4v) is 5.51. The van der Waals surface area contributed by atoms with Crippen molar-refractivity contribution in [3.8, 4) is 22.2 Å². The molecule has 0 radical (unpaired) electrons. The van der Waals surface area contributed by atoms with Gasteiger partial charge in [-0.15, -0.1) is 0 Å². The molecule has 4 heterocycles. The van der Waals surface area contributed by atoms with Crippen LogP contribution in [0.3, 0.4) is 0 Å². The van der Waals surface area contributed by atoms with Crippen molar-refractivity contribution in [1.82, 2.24) is 24.6 Å². The molecule has 5 rings (SSSR count). The minimum atomic E-state index is 0.0538. The van der Waals surface area contributed by atoms with Crippen LogP contribution in [0.25, 0.3) is 11.3 Å². The van der Waals surface area contributed by atoms with Gasteiger partial charge in [0.05, 0.1) is 12.8 Å². The molecule has 0 bridgehead atoms. The third-order valence-corrected chi connectivity index (χ3v) is 7.55. The van der Waals surface area contributed by atoms with Gasteiger partial charge in [0.15, 0.2) is 0 Å². The standard InChI is InChI=1S/C25H31N5O3S/c1-28-23(17-22(27-28)18-4-3-5-21(16-18)32-2)24(31)30-11-6-19(7-12-30)29-13-8-20(9-14-29)33-25-26-10-15-34-25/h3-5,10,15-17,19-20H,6-9,11-14H2,1-2H3. The molecule has 0 N–H and O–H groups in total. The third-order valence-electron chi connectivity index (χ3n) is 6.89. The fraction of sp³-hybridized carbons (Fsp3) is 0.480. The highest BCUT2D eigenvalue weighted by molar-refractivity contribution is 7.11. The molecule has 34 heavy (non-hydrogen) atoms. The van der Waals surface area contributed by atoms with E-state index in [1.807, 2.05) is 47.7 Å². The second-order valence-corrected chi connectivity index (χ2v) is 9.80. The van der Waals surface area contributed by atoms with Gasteiger partial charge in [-0.3, -0.25) is 14.4 Å².